The van der Waals surface area contributed by atoms with Crippen LogP contribution in [-0.4, -0.2) is 95.0 Å². The van der Waals surface area contributed by atoms with Crippen molar-refractivity contribution in [3.05, 3.63) is 34.9 Å². The second-order valence-corrected chi connectivity index (χ2v) is 9.49. The number of ether oxygens (including phenoxy) is 2. The summed E-state index contributed by atoms with van der Waals surface area (Å²) >= 11 is 0. The molecule has 0 bridgehead atoms. The van der Waals surface area contributed by atoms with Crippen LogP contribution in [0.1, 0.15) is 58.9 Å². The summed E-state index contributed by atoms with van der Waals surface area (Å²) in [5.74, 6) is -3.06. The van der Waals surface area contributed by atoms with Crippen LogP contribution in [-0.2, 0) is 40.8 Å². The molecule has 0 fully saturated rings. The average Bonchev–Trinajstić information content (AvgIpc) is 2.86. The number of carbonyl (C=O) groups is 3. The van der Waals surface area contributed by atoms with E-state index in [2.05, 4.69) is 14.5 Å². The molecule has 16 heteroatoms. The lowest BCUT2D eigenvalue weighted by Gasteiger charge is -2.13. The van der Waals surface area contributed by atoms with E-state index in [0.29, 0.717) is 24.8 Å². The Kier molecular flexibility index (Phi) is 18.0. The molecule has 15 nitrogen and oxygen atoms in total. The van der Waals surface area contributed by atoms with E-state index in [1.165, 1.54) is 18.2 Å². The number of benzene rings is 1. The van der Waals surface area contributed by atoms with Crippen LogP contribution in [0.4, 0.5) is 0 Å². The van der Waals surface area contributed by atoms with E-state index in [-0.39, 0.29) is 50.1 Å². The fourth-order valence-corrected chi connectivity index (χ4v) is 3.35. The first-order valence-electron chi connectivity index (χ1n) is 11.3. The fraction of sp³-hybridized carbons (Fsp3) is 0.591. The normalized spacial score (nSPS) is 12.6. The summed E-state index contributed by atoms with van der Waals surface area (Å²) in [6, 6.07) is 3.86. The molecular formula is C22H34O15S. The van der Waals surface area contributed by atoms with E-state index < -0.39 is 46.3 Å². The van der Waals surface area contributed by atoms with Gasteiger partial charge in [-0.25, -0.2) is 19.4 Å². The van der Waals surface area contributed by atoms with Gasteiger partial charge in [0.1, 0.15) is 6.61 Å². The number of esters is 2. The third kappa shape index (κ3) is 14.3. The molecule has 218 valence electrons. The highest BCUT2D eigenvalue weighted by atomic mass is 32.2. The molecule has 0 saturated heterocycles. The standard InChI is InChI=1S/C13H16O7.C9H18O8S/c14-5-1-2-6-19-13(17)11-7-9(12(15)16)3-4-10(11)8-20-18;1-7(6-10)2-4-16-9(11)8(3-5-17-12)18(13,14)15/h3-4,7,14,18H,1-2,5-6,8H2,(H,15,16);7-8,10,12H,2-6H2,1H3,(H,13,14,15). The number of hydrogen-bond acceptors (Lipinski definition) is 13. The third-order valence-corrected chi connectivity index (χ3v) is 5.99. The Labute approximate surface area is 219 Å². The second kappa shape index (κ2) is 19.4. The minimum Gasteiger partial charge on any atom is -0.478 e. The summed E-state index contributed by atoms with van der Waals surface area (Å²) in [5.41, 5.74) is 0.293. The molecule has 0 radical (unpaired) electrons. The molecule has 6 N–H and O–H groups in total. The monoisotopic (exact) mass is 570 g/mol. The van der Waals surface area contributed by atoms with Crippen LogP contribution < -0.4 is 0 Å². The summed E-state index contributed by atoms with van der Waals surface area (Å²) in [5, 5.41) is 41.0. The molecule has 0 saturated carbocycles. The molecule has 0 aliphatic carbocycles. The highest BCUT2D eigenvalue weighted by Crippen LogP contribution is 2.15. The van der Waals surface area contributed by atoms with Gasteiger partial charge in [-0.05, 0) is 42.9 Å². The van der Waals surface area contributed by atoms with E-state index in [0.717, 1.165) is 0 Å². The Morgan fingerprint density at radius 3 is 2.16 bits per heavy atom. The predicted molar refractivity (Wildman–Crippen MR) is 128 cm³/mol. The predicted octanol–water partition coefficient (Wildman–Crippen LogP) is 0.988. The van der Waals surface area contributed by atoms with Gasteiger partial charge in [-0.15, -0.1) is 0 Å². The Bertz CT molecular complexity index is 963. The SMILES string of the molecule is CC(CO)CCOC(=O)C(CCOO)S(=O)(=O)O.O=C(O)c1ccc(COO)c(C(=O)OCCCCO)c1. The Balaban J connectivity index is 0.000000726. The van der Waals surface area contributed by atoms with Gasteiger partial charge in [0.2, 0.25) is 0 Å². The highest BCUT2D eigenvalue weighted by molar-refractivity contribution is 7.87. The first-order chi connectivity index (χ1) is 17.9. The van der Waals surface area contributed by atoms with Gasteiger partial charge in [0, 0.05) is 19.6 Å². The van der Waals surface area contributed by atoms with Crippen LogP contribution in [0.25, 0.3) is 0 Å². The van der Waals surface area contributed by atoms with E-state index in [4.69, 9.17) is 35.1 Å². The summed E-state index contributed by atoms with van der Waals surface area (Å²) in [6.07, 6.45) is 0.975. The summed E-state index contributed by atoms with van der Waals surface area (Å²) < 4.78 is 40.3. The van der Waals surface area contributed by atoms with E-state index in [9.17, 15) is 22.8 Å². The van der Waals surface area contributed by atoms with Crippen molar-refractivity contribution < 1.29 is 72.4 Å². The lowest BCUT2D eigenvalue weighted by Crippen LogP contribution is -2.33. The van der Waals surface area contributed by atoms with E-state index in [1.54, 1.807) is 6.92 Å². The second-order valence-electron chi connectivity index (χ2n) is 7.89. The maximum Gasteiger partial charge on any atom is 0.338 e. The Morgan fingerprint density at radius 1 is 0.947 bits per heavy atom. The van der Waals surface area contributed by atoms with E-state index in [1.807, 2.05) is 0 Å². The van der Waals surface area contributed by atoms with Crippen LogP contribution >= 0.6 is 0 Å². The molecule has 0 aliphatic rings. The molecule has 0 heterocycles. The zero-order chi connectivity index (χ0) is 29.1. The van der Waals surface area contributed by atoms with Crippen molar-refractivity contribution >= 4 is 28.0 Å². The molecule has 0 spiro atoms. The van der Waals surface area contributed by atoms with E-state index >= 15 is 0 Å². The maximum atomic E-state index is 11.9. The zero-order valence-electron chi connectivity index (χ0n) is 20.7. The quantitative estimate of drug-likeness (QED) is 0.0502. The summed E-state index contributed by atoms with van der Waals surface area (Å²) in [4.78, 5) is 41.8. The maximum absolute atomic E-state index is 11.9. The molecule has 0 aliphatic heterocycles. The van der Waals surface area contributed by atoms with Crippen molar-refractivity contribution in [3.63, 3.8) is 0 Å². The minimum absolute atomic E-state index is 0.00958. The van der Waals surface area contributed by atoms with Crippen LogP contribution in [0.2, 0.25) is 0 Å². The lowest BCUT2D eigenvalue weighted by atomic mass is 10.0. The van der Waals surface area contributed by atoms with Gasteiger partial charge in [0.15, 0.2) is 5.25 Å². The topological polar surface area (TPSA) is 244 Å². The average molecular weight is 571 g/mol. The van der Waals surface area contributed by atoms with Crippen LogP contribution in [0.3, 0.4) is 0 Å². The Hall–Kier alpha value is -2.70. The molecule has 0 amide bonds. The summed E-state index contributed by atoms with van der Waals surface area (Å²) in [7, 11) is -4.61. The largest absolute Gasteiger partial charge is 0.478 e. The molecular weight excluding hydrogens is 536 g/mol. The summed E-state index contributed by atoms with van der Waals surface area (Å²) in [6.45, 7) is 1.05. The molecule has 38 heavy (non-hydrogen) atoms. The molecule has 0 aromatic heterocycles. The molecule has 1 aromatic carbocycles. The fourth-order valence-electron chi connectivity index (χ4n) is 2.64. The lowest BCUT2D eigenvalue weighted by molar-refractivity contribution is -0.253. The number of aliphatic hydroxyl groups excluding tert-OH is 2. The number of hydrogen-bond donors (Lipinski definition) is 6. The van der Waals surface area contributed by atoms with Crippen molar-refractivity contribution in [2.75, 3.05) is 33.0 Å². The molecule has 1 rings (SSSR count). The van der Waals surface area contributed by atoms with Crippen LogP contribution in [0.5, 0.6) is 0 Å². The highest BCUT2D eigenvalue weighted by Gasteiger charge is 2.32. The third-order valence-electron chi connectivity index (χ3n) is 4.84. The van der Waals surface area contributed by atoms with Crippen LogP contribution in [0, 0.1) is 5.92 Å². The molecule has 2 atom stereocenters. The minimum atomic E-state index is -4.61. The smallest absolute Gasteiger partial charge is 0.338 e. The number of aromatic carboxylic acids is 1. The van der Waals surface area contributed by atoms with Gasteiger partial charge in [0.25, 0.3) is 10.1 Å². The van der Waals surface area contributed by atoms with Crippen molar-refractivity contribution in [1.29, 1.82) is 0 Å². The number of carboxylic acid groups (broad SMARTS) is 1. The van der Waals surface area contributed by atoms with Crippen molar-refractivity contribution in [2.45, 2.75) is 44.5 Å². The number of carbonyl (C=O) groups excluding carboxylic acids is 2. The van der Waals surface area contributed by atoms with Gasteiger partial charge in [-0.1, -0.05) is 13.0 Å². The number of aliphatic hydroxyl groups is 2. The van der Waals surface area contributed by atoms with Crippen molar-refractivity contribution in [3.8, 4) is 0 Å². The Morgan fingerprint density at radius 2 is 1.63 bits per heavy atom. The van der Waals surface area contributed by atoms with Crippen molar-refractivity contribution in [1.82, 2.24) is 0 Å². The molecule has 2 unspecified atom stereocenters. The van der Waals surface area contributed by atoms with Gasteiger partial charge in [-0.3, -0.25) is 19.9 Å². The van der Waals surface area contributed by atoms with Crippen LogP contribution in [0.15, 0.2) is 18.2 Å². The van der Waals surface area contributed by atoms with Gasteiger partial charge in [-0.2, -0.15) is 8.42 Å². The number of carboxylic acids is 1. The van der Waals surface area contributed by atoms with Gasteiger partial charge in [0.05, 0.1) is 30.9 Å². The van der Waals surface area contributed by atoms with Gasteiger partial charge < -0.3 is 24.8 Å². The first kappa shape index (κ1) is 35.3. The first-order valence-corrected chi connectivity index (χ1v) is 12.8. The van der Waals surface area contributed by atoms with Crippen molar-refractivity contribution in [2.24, 2.45) is 5.92 Å². The van der Waals surface area contributed by atoms with Gasteiger partial charge >= 0.3 is 17.9 Å². The zero-order valence-corrected chi connectivity index (χ0v) is 21.5. The number of rotatable bonds is 17. The number of unbranched alkanes of at least 4 members (excludes halogenated alkanes) is 1. The molecule has 1 aromatic rings.